The zero-order valence-electron chi connectivity index (χ0n) is 70.0. The highest BCUT2D eigenvalue weighted by Gasteiger charge is 2.83. The van der Waals surface area contributed by atoms with E-state index < -0.39 is 70.4 Å². The molecule has 6 aliphatic rings. The highest BCUT2D eigenvalue weighted by Crippen LogP contribution is 2.55. The van der Waals surface area contributed by atoms with E-state index in [-0.39, 0.29) is 0 Å². The van der Waals surface area contributed by atoms with E-state index in [9.17, 15) is 0 Å². The lowest BCUT2D eigenvalue weighted by Gasteiger charge is -2.63. The van der Waals surface area contributed by atoms with Gasteiger partial charge in [0.1, 0.15) is 0 Å². The number of ether oxygens (including phenoxy) is 8. The SMILES string of the molecule is CC(C)CCOCCSCC[Si]12O[Si]3(CCSCCOCCC(C)C)O[Si]4(CCSCCOCCC(C)C)O[Si](CCSCCOCCC(C)C)(O1)O[Si]1(CCSCCOCCC(C)C)O[Si](CCSCCOCCC(C)C)(O2)O[Si](CCSCCOCCC(C)C)(O3)O[Si](CCSCCOCCC(C)C)(O4)O1. The Bertz CT molecular complexity index is 1740. The molecule has 0 amide bonds. The molecule has 36 heteroatoms. The lowest BCUT2D eigenvalue weighted by molar-refractivity contribution is -0.0280. The predicted octanol–water partition coefficient (Wildman–Crippen LogP) is 18.1. The van der Waals surface area contributed by atoms with Gasteiger partial charge in [-0.25, -0.2) is 0 Å². The van der Waals surface area contributed by atoms with Crippen LogP contribution in [-0.4, -0.2) is 268 Å². The molecule has 6 saturated heterocycles. The molecule has 0 unspecified atom stereocenters. The third kappa shape index (κ3) is 44.0. The van der Waals surface area contributed by atoms with Crippen LogP contribution in [-0.2, 0) is 87.3 Å². The number of hydrogen-bond donors (Lipinski definition) is 0. The number of hydrogen-bond acceptors (Lipinski definition) is 28. The zero-order chi connectivity index (χ0) is 78.4. The molecule has 0 radical (unpaired) electrons. The summed E-state index contributed by atoms with van der Waals surface area (Å²) in [5, 5.41) is 0. The summed E-state index contributed by atoms with van der Waals surface area (Å²) in [6.45, 7) is 46.6. The van der Waals surface area contributed by atoms with Crippen LogP contribution in [0.3, 0.4) is 0 Å². The molecule has 0 atom stereocenters. The van der Waals surface area contributed by atoms with E-state index in [0.717, 1.165) is 150 Å². The summed E-state index contributed by atoms with van der Waals surface area (Å²) in [6.07, 6.45) is 8.08. The highest BCUT2D eigenvalue weighted by atomic mass is 32.2. The van der Waals surface area contributed by atoms with Crippen molar-refractivity contribution in [2.45, 2.75) is 210 Å². The highest BCUT2D eigenvalue weighted by molar-refractivity contribution is 8.01. The van der Waals surface area contributed by atoms with Crippen molar-refractivity contribution in [1.82, 2.24) is 0 Å². The first-order chi connectivity index (χ1) is 51.8. The molecule has 8 bridgehead atoms. The van der Waals surface area contributed by atoms with Gasteiger partial charge in [-0.05, 0) is 145 Å². The Kier molecular flexibility index (Phi) is 54.9. The van der Waals surface area contributed by atoms with Gasteiger partial charge in [0.2, 0.25) is 0 Å². The lowest BCUT2D eigenvalue weighted by atomic mass is 10.1. The molecule has 0 N–H and O–H groups in total. The second-order valence-corrected chi connectivity index (χ2v) is 66.5. The van der Waals surface area contributed by atoms with Gasteiger partial charge >= 0.3 is 70.4 Å². The Labute approximate surface area is 701 Å². The Balaban J connectivity index is 1.82. The van der Waals surface area contributed by atoms with Gasteiger partial charge in [0.05, 0.1) is 52.9 Å². The molecule has 640 valence electrons. The predicted molar refractivity (Wildman–Crippen MR) is 478 cm³/mol. The minimum Gasteiger partial charge on any atom is -0.381 e. The van der Waals surface area contributed by atoms with Crippen molar-refractivity contribution in [3.05, 3.63) is 0 Å². The van der Waals surface area contributed by atoms with Crippen LogP contribution < -0.4 is 0 Å². The molecule has 108 heavy (non-hydrogen) atoms. The molecule has 20 nitrogen and oxygen atoms in total. The van der Waals surface area contributed by atoms with Crippen molar-refractivity contribution in [2.75, 3.05) is 198 Å². The first-order valence-electron chi connectivity index (χ1n) is 41.5. The van der Waals surface area contributed by atoms with Crippen LogP contribution >= 0.6 is 94.1 Å². The Morgan fingerprint density at radius 2 is 0.259 bits per heavy atom. The molecule has 0 saturated carbocycles. The smallest absolute Gasteiger partial charge is 0.381 e. The van der Waals surface area contributed by atoms with Crippen molar-refractivity contribution < 1.29 is 87.3 Å². The normalized spacial score (nSPS) is 26.4. The van der Waals surface area contributed by atoms with E-state index in [1.54, 1.807) is 0 Å². The van der Waals surface area contributed by atoms with Gasteiger partial charge in [0, 0.05) is 147 Å². The molecular weight excluding hydrogens is 1670 g/mol. The van der Waals surface area contributed by atoms with Crippen LogP contribution in [0.2, 0.25) is 48.4 Å². The largest absolute Gasteiger partial charge is 0.479 e. The molecule has 6 aliphatic heterocycles. The quantitative estimate of drug-likeness (QED) is 0.0413. The number of thioether (sulfide) groups is 8. The topological polar surface area (TPSA) is 185 Å². The van der Waals surface area contributed by atoms with Crippen molar-refractivity contribution in [3.63, 3.8) is 0 Å². The summed E-state index contributed by atoms with van der Waals surface area (Å²) < 4.78 is 151. The zero-order valence-corrected chi connectivity index (χ0v) is 84.5. The van der Waals surface area contributed by atoms with E-state index in [0.29, 0.717) is 195 Å². The van der Waals surface area contributed by atoms with Crippen LogP contribution in [0.15, 0.2) is 0 Å². The fourth-order valence-electron chi connectivity index (χ4n) is 11.3. The van der Waals surface area contributed by atoms with Gasteiger partial charge < -0.3 is 87.3 Å². The average molecular weight is 1820 g/mol. The van der Waals surface area contributed by atoms with Gasteiger partial charge in [-0.2, -0.15) is 94.1 Å². The van der Waals surface area contributed by atoms with Gasteiger partial charge in [-0.1, -0.05) is 111 Å². The molecule has 0 aromatic heterocycles. The summed E-state index contributed by atoms with van der Waals surface area (Å²) in [5.41, 5.74) is 0. The van der Waals surface area contributed by atoms with Gasteiger partial charge in [-0.15, -0.1) is 0 Å². The van der Waals surface area contributed by atoms with Crippen LogP contribution in [0.4, 0.5) is 0 Å². The Morgan fingerprint density at radius 1 is 0.157 bits per heavy atom. The average Bonchev–Trinajstić information content (AvgIpc) is 0.688. The summed E-state index contributed by atoms with van der Waals surface area (Å²) in [7, 11) is -34.5. The van der Waals surface area contributed by atoms with Gasteiger partial charge in [0.25, 0.3) is 0 Å². The first kappa shape index (κ1) is 102. The molecule has 0 aliphatic carbocycles. The summed E-state index contributed by atoms with van der Waals surface area (Å²) in [4.78, 5) is 0. The molecule has 6 heterocycles. The molecule has 6 rings (SSSR count). The Hall–Kier alpha value is 3.74. The lowest BCUT2D eigenvalue weighted by Crippen LogP contribution is -2.88. The van der Waals surface area contributed by atoms with Crippen LogP contribution in [0.25, 0.3) is 0 Å². The fraction of sp³-hybridized carbons (Fsp3) is 1.00. The monoisotopic (exact) mass is 1820 g/mol. The third-order valence-corrected chi connectivity index (χ3v) is 65.1. The molecule has 0 aromatic rings. The van der Waals surface area contributed by atoms with Crippen molar-refractivity contribution in [1.29, 1.82) is 0 Å². The van der Waals surface area contributed by atoms with E-state index >= 15 is 0 Å². The van der Waals surface area contributed by atoms with Crippen molar-refractivity contribution in [3.8, 4) is 0 Å². The maximum atomic E-state index is 8.43. The second kappa shape index (κ2) is 57.9. The minimum absolute atomic E-state index is 0.391. The minimum atomic E-state index is -4.31. The van der Waals surface area contributed by atoms with E-state index in [2.05, 4.69) is 111 Å². The Morgan fingerprint density at radius 3 is 0.352 bits per heavy atom. The second-order valence-electron chi connectivity index (χ2n) is 31.9. The first-order valence-corrected chi connectivity index (χ1v) is 66.2. The summed E-state index contributed by atoms with van der Waals surface area (Å²) in [5.74, 6) is 15.7. The standard InChI is InChI=1S/C72H152O20S8Si8/c1-65(2)17-25-73-33-41-93-49-57-101-81-102(58-50-94-42-34-74-26-18-66(3)4)84-105(61-53-97-45-37-77-29-21-69(9)10)86-103(82-101,59-51-95-43-35-75-27-19-67(5)6)88-107(63-55-99-47-39-79-31-23-71(13)14)89-104(83-101,60-52-96-44-36-76-28-20-68(7)8)87-106(85-102,62-54-98-46-38-78-30-22-70(11)12)91-108(90-105,92-107)64-56-100-48-40-80-32-24-72(15)16/h65-72H,17-64H2,1-16H3. The van der Waals surface area contributed by atoms with Crippen LogP contribution in [0.5, 0.6) is 0 Å². The fourth-order valence-corrected chi connectivity index (χ4v) is 73.0. The summed E-state index contributed by atoms with van der Waals surface area (Å²) >= 11 is 14.6. The van der Waals surface area contributed by atoms with Crippen molar-refractivity contribution >= 4 is 165 Å². The van der Waals surface area contributed by atoms with Crippen molar-refractivity contribution in [2.24, 2.45) is 47.3 Å². The van der Waals surface area contributed by atoms with Gasteiger partial charge in [-0.3, -0.25) is 0 Å². The van der Waals surface area contributed by atoms with E-state index in [1.807, 2.05) is 94.1 Å². The van der Waals surface area contributed by atoms with E-state index in [1.165, 1.54) is 0 Å². The summed E-state index contributed by atoms with van der Waals surface area (Å²) in [6, 6.07) is 3.13. The van der Waals surface area contributed by atoms with Gasteiger partial charge in [0.15, 0.2) is 0 Å². The number of rotatable bonds is 72. The van der Waals surface area contributed by atoms with Crippen LogP contribution in [0.1, 0.15) is 162 Å². The maximum Gasteiger partial charge on any atom is 0.479 e. The third-order valence-electron chi connectivity index (χ3n) is 17.8. The van der Waals surface area contributed by atoms with Crippen LogP contribution in [0, 0.1) is 47.3 Å². The molecule has 0 aromatic carbocycles. The van der Waals surface area contributed by atoms with E-state index in [4.69, 9.17) is 87.3 Å². The molecular formula is C72H152O20S8Si8. The molecule has 6 fully saturated rings. The molecule has 0 spiro atoms. The maximum absolute atomic E-state index is 8.43.